The summed E-state index contributed by atoms with van der Waals surface area (Å²) in [4.78, 5) is 20.3. The highest BCUT2D eigenvalue weighted by Crippen LogP contribution is 2.30. The van der Waals surface area contributed by atoms with Crippen molar-refractivity contribution in [1.82, 2.24) is 4.98 Å². The van der Waals surface area contributed by atoms with Crippen molar-refractivity contribution in [2.24, 2.45) is 0 Å². The largest absolute Gasteiger partial charge is 0.372 e. The van der Waals surface area contributed by atoms with Crippen LogP contribution in [0, 0.1) is 5.82 Å². The minimum absolute atomic E-state index is 0.0476. The van der Waals surface area contributed by atoms with Crippen molar-refractivity contribution in [2.75, 3.05) is 23.3 Å². The highest BCUT2D eigenvalue weighted by molar-refractivity contribution is 7.22. The maximum absolute atomic E-state index is 14.7. The van der Waals surface area contributed by atoms with E-state index in [1.807, 2.05) is 36.3 Å². The second-order valence-electron chi connectivity index (χ2n) is 6.79. The van der Waals surface area contributed by atoms with Crippen LogP contribution in [-0.4, -0.2) is 36.2 Å². The maximum Gasteiger partial charge on any atom is 0.267 e. The number of nitrogens with one attached hydrogen (secondary N) is 1. The van der Waals surface area contributed by atoms with Crippen molar-refractivity contribution < 1.29 is 13.9 Å². The number of thiazole rings is 1. The zero-order valence-corrected chi connectivity index (χ0v) is 17.1. The molecule has 146 valence electrons. The molecule has 8 heteroatoms. The molecule has 5 nitrogen and oxygen atoms in total. The lowest BCUT2D eigenvalue weighted by Gasteiger charge is -2.37. The molecule has 2 aromatic heterocycles. The molecular formula is C20H20FN3O2S2. The number of aromatic nitrogens is 1. The van der Waals surface area contributed by atoms with Crippen LogP contribution in [0.3, 0.4) is 0 Å². The molecule has 2 unspecified atom stereocenters. The van der Waals surface area contributed by atoms with Crippen molar-refractivity contribution in [3.05, 3.63) is 52.6 Å². The quantitative estimate of drug-likeness (QED) is 0.658. The fourth-order valence-corrected chi connectivity index (χ4v) is 4.92. The smallest absolute Gasteiger partial charge is 0.267 e. The van der Waals surface area contributed by atoms with Gasteiger partial charge in [0, 0.05) is 18.8 Å². The Balaban J connectivity index is 1.47. The van der Waals surface area contributed by atoms with Crippen molar-refractivity contribution in [1.29, 1.82) is 0 Å². The number of amides is 1. The van der Waals surface area contributed by atoms with E-state index < -0.39 is 0 Å². The molecule has 3 aromatic rings. The van der Waals surface area contributed by atoms with Crippen LogP contribution in [0.5, 0.6) is 0 Å². The summed E-state index contributed by atoms with van der Waals surface area (Å²) in [6.07, 6.45) is 1.65. The lowest BCUT2D eigenvalue weighted by atomic mass is 10.2. The Hall–Kier alpha value is -2.29. The van der Waals surface area contributed by atoms with Gasteiger partial charge in [-0.05, 0) is 43.5 Å². The Morgan fingerprint density at radius 2 is 2.07 bits per heavy atom. The molecule has 1 saturated heterocycles. The molecule has 28 heavy (non-hydrogen) atoms. The third-order valence-corrected chi connectivity index (χ3v) is 6.46. The zero-order chi connectivity index (χ0) is 19.7. The van der Waals surface area contributed by atoms with Crippen LogP contribution in [0.1, 0.15) is 23.5 Å². The van der Waals surface area contributed by atoms with Gasteiger partial charge in [0.2, 0.25) is 0 Å². The van der Waals surface area contributed by atoms with Gasteiger partial charge in [0.25, 0.3) is 5.91 Å². The van der Waals surface area contributed by atoms with Crippen LogP contribution in [0.25, 0.3) is 9.88 Å². The lowest BCUT2D eigenvalue weighted by Crippen LogP contribution is -2.45. The number of anilines is 2. The van der Waals surface area contributed by atoms with Crippen molar-refractivity contribution >= 4 is 40.0 Å². The molecule has 4 rings (SSSR count). The summed E-state index contributed by atoms with van der Waals surface area (Å²) < 4.78 is 20.4. The number of carbonyl (C=O) groups excluding carboxylic acids is 1. The minimum Gasteiger partial charge on any atom is -0.372 e. The molecule has 0 saturated carbocycles. The summed E-state index contributed by atoms with van der Waals surface area (Å²) in [5.74, 6) is -0.649. The van der Waals surface area contributed by atoms with Crippen LogP contribution < -0.4 is 10.2 Å². The number of benzene rings is 1. The van der Waals surface area contributed by atoms with E-state index in [1.54, 1.807) is 29.7 Å². The first-order valence-corrected chi connectivity index (χ1v) is 10.7. The monoisotopic (exact) mass is 417 g/mol. The molecule has 1 aromatic carbocycles. The SMILES string of the molecule is CC1CN(c2ccc(NC(=O)c3cnc(-c4cccs4)s3)cc2F)CC(C)O1. The van der Waals surface area contributed by atoms with E-state index in [2.05, 4.69) is 10.3 Å². The van der Waals surface area contributed by atoms with E-state index >= 15 is 0 Å². The van der Waals surface area contributed by atoms with Crippen LogP contribution in [0.15, 0.2) is 41.9 Å². The van der Waals surface area contributed by atoms with E-state index in [0.717, 1.165) is 9.88 Å². The first-order chi connectivity index (χ1) is 13.5. The van der Waals surface area contributed by atoms with Gasteiger partial charge in [-0.2, -0.15) is 0 Å². The summed E-state index contributed by atoms with van der Waals surface area (Å²) in [6.45, 7) is 5.24. The second-order valence-corrected chi connectivity index (χ2v) is 8.77. The summed E-state index contributed by atoms with van der Waals surface area (Å²) in [6, 6.07) is 8.70. The van der Waals surface area contributed by atoms with Crippen molar-refractivity contribution in [2.45, 2.75) is 26.1 Å². The van der Waals surface area contributed by atoms with Gasteiger partial charge in [-0.3, -0.25) is 4.79 Å². The number of hydrogen-bond donors (Lipinski definition) is 1. The molecule has 0 aliphatic carbocycles. The fraction of sp³-hybridized carbons (Fsp3) is 0.300. The molecular weight excluding hydrogens is 397 g/mol. The number of carbonyl (C=O) groups is 1. The minimum atomic E-state index is -0.359. The second kappa shape index (κ2) is 7.98. The highest BCUT2D eigenvalue weighted by Gasteiger charge is 2.24. The molecule has 2 atom stereocenters. The molecule has 1 amide bonds. The first-order valence-electron chi connectivity index (χ1n) is 9.00. The van der Waals surface area contributed by atoms with Gasteiger partial charge in [-0.15, -0.1) is 22.7 Å². The normalized spacial score (nSPS) is 19.6. The topological polar surface area (TPSA) is 54.5 Å². The summed E-state index contributed by atoms with van der Waals surface area (Å²) in [5, 5.41) is 5.53. The third-order valence-electron chi connectivity index (χ3n) is 4.43. The number of halogens is 1. The van der Waals surface area contributed by atoms with Gasteiger partial charge in [0.15, 0.2) is 0 Å². The number of thiophene rings is 1. The molecule has 0 radical (unpaired) electrons. The summed E-state index contributed by atoms with van der Waals surface area (Å²) >= 11 is 2.90. The first kappa shape index (κ1) is 19.0. The van der Waals surface area contributed by atoms with E-state index in [9.17, 15) is 9.18 Å². The predicted molar refractivity (Wildman–Crippen MR) is 112 cm³/mol. The average molecular weight is 418 g/mol. The molecule has 1 aliphatic heterocycles. The zero-order valence-electron chi connectivity index (χ0n) is 15.5. The molecule has 1 aliphatic rings. The van der Waals surface area contributed by atoms with Gasteiger partial charge in [0.1, 0.15) is 15.7 Å². The standard InChI is InChI=1S/C20H20FN3O2S2/c1-12-10-24(11-13(2)26-12)16-6-5-14(8-15(16)21)23-19(25)18-9-22-20(28-18)17-4-3-7-27-17/h3-9,12-13H,10-11H2,1-2H3,(H,23,25). The van der Waals surface area contributed by atoms with Gasteiger partial charge in [0.05, 0.1) is 29.0 Å². The van der Waals surface area contributed by atoms with Gasteiger partial charge >= 0.3 is 0 Å². The van der Waals surface area contributed by atoms with Crippen LogP contribution in [0.4, 0.5) is 15.8 Å². The van der Waals surface area contributed by atoms with Crippen LogP contribution in [-0.2, 0) is 4.74 Å². The predicted octanol–water partition coefficient (Wildman–Crippen LogP) is 4.88. The number of nitrogens with zero attached hydrogens (tertiary/aromatic N) is 2. The summed E-state index contributed by atoms with van der Waals surface area (Å²) in [5.41, 5.74) is 0.949. The van der Waals surface area contributed by atoms with Crippen LogP contribution in [0.2, 0.25) is 0 Å². The number of ether oxygens (including phenoxy) is 1. The van der Waals surface area contributed by atoms with E-state index in [4.69, 9.17) is 4.74 Å². The van der Waals surface area contributed by atoms with Gasteiger partial charge < -0.3 is 15.0 Å². The van der Waals surface area contributed by atoms with Crippen molar-refractivity contribution in [3.8, 4) is 9.88 Å². The number of morpholine rings is 1. The van der Waals surface area contributed by atoms with E-state index in [-0.39, 0.29) is 23.9 Å². The molecule has 1 fully saturated rings. The Bertz CT molecular complexity index is 964. The average Bonchev–Trinajstić information content (AvgIpc) is 3.32. The van der Waals surface area contributed by atoms with Crippen molar-refractivity contribution in [3.63, 3.8) is 0 Å². The lowest BCUT2D eigenvalue weighted by molar-refractivity contribution is -0.00539. The van der Waals surface area contributed by atoms with Crippen LogP contribution >= 0.6 is 22.7 Å². The Labute approximate surface area is 170 Å². The third kappa shape index (κ3) is 4.09. The van der Waals surface area contributed by atoms with Gasteiger partial charge in [-0.1, -0.05) is 6.07 Å². The van der Waals surface area contributed by atoms with E-state index in [0.29, 0.717) is 29.3 Å². The molecule has 0 bridgehead atoms. The number of rotatable bonds is 4. The number of hydrogen-bond acceptors (Lipinski definition) is 6. The highest BCUT2D eigenvalue weighted by atomic mass is 32.1. The molecule has 0 spiro atoms. The van der Waals surface area contributed by atoms with Gasteiger partial charge in [-0.25, -0.2) is 9.37 Å². The Morgan fingerprint density at radius 3 is 2.75 bits per heavy atom. The maximum atomic E-state index is 14.7. The molecule has 3 heterocycles. The summed E-state index contributed by atoms with van der Waals surface area (Å²) in [7, 11) is 0. The van der Waals surface area contributed by atoms with E-state index in [1.165, 1.54) is 17.4 Å². The fourth-order valence-electron chi connectivity index (χ4n) is 3.30. The Morgan fingerprint density at radius 1 is 1.29 bits per heavy atom. The molecule has 1 N–H and O–H groups in total. The Kier molecular flexibility index (Phi) is 5.43.